The van der Waals surface area contributed by atoms with E-state index in [0.29, 0.717) is 6.10 Å². The van der Waals surface area contributed by atoms with Crippen molar-refractivity contribution < 1.29 is 9.84 Å². The molecule has 0 aromatic heterocycles. The van der Waals surface area contributed by atoms with Gasteiger partial charge in [0.05, 0.1) is 12.7 Å². The second kappa shape index (κ2) is 7.20. The number of nitrogens with zero attached hydrogens (tertiary/aromatic N) is 1. The zero-order valence-electron chi connectivity index (χ0n) is 10.9. The Morgan fingerprint density at radius 3 is 2.40 bits per heavy atom. The second-order valence-electron chi connectivity index (χ2n) is 4.98. The Morgan fingerprint density at radius 1 is 1.40 bits per heavy atom. The van der Waals surface area contributed by atoms with Crippen LogP contribution in [0.1, 0.15) is 34.1 Å². The molecule has 92 valence electrons. The van der Waals surface area contributed by atoms with Crippen molar-refractivity contribution in [2.45, 2.75) is 40.2 Å². The van der Waals surface area contributed by atoms with Crippen LogP contribution in [0.15, 0.2) is 0 Å². The lowest BCUT2D eigenvalue weighted by molar-refractivity contribution is 0.0447. The minimum atomic E-state index is 0.0204. The molecule has 1 N–H and O–H groups in total. The summed E-state index contributed by atoms with van der Waals surface area (Å²) in [6.07, 6.45) is 1.30. The molecule has 3 nitrogen and oxygen atoms in total. The average Bonchev–Trinajstić information content (AvgIpc) is 2.17. The number of aliphatic hydroxyl groups is 1. The van der Waals surface area contributed by atoms with Crippen molar-refractivity contribution in [3.05, 3.63) is 0 Å². The highest BCUT2D eigenvalue weighted by molar-refractivity contribution is 4.74. The lowest BCUT2D eigenvalue weighted by atomic mass is 9.88. The van der Waals surface area contributed by atoms with Crippen LogP contribution in [0.2, 0.25) is 0 Å². The first-order valence-corrected chi connectivity index (χ1v) is 5.84. The van der Waals surface area contributed by atoms with E-state index < -0.39 is 0 Å². The molecule has 0 aliphatic rings. The third-order valence-electron chi connectivity index (χ3n) is 2.81. The van der Waals surface area contributed by atoms with E-state index >= 15 is 0 Å². The van der Waals surface area contributed by atoms with Gasteiger partial charge in [-0.25, -0.2) is 0 Å². The Morgan fingerprint density at radius 2 is 2.00 bits per heavy atom. The lowest BCUT2D eigenvalue weighted by Gasteiger charge is -2.31. The summed E-state index contributed by atoms with van der Waals surface area (Å²) in [6.45, 7) is 11.2. The highest BCUT2D eigenvalue weighted by Gasteiger charge is 2.22. The van der Waals surface area contributed by atoms with Gasteiger partial charge in [0.15, 0.2) is 0 Å². The lowest BCUT2D eigenvalue weighted by Crippen LogP contribution is -2.37. The average molecular weight is 217 g/mol. The van der Waals surface area contributed by atoms with Crippen molar-refractivity contribution in [1.82, 2.24) is 4.90 Å². The maximum atomic E-state index is 9.29. The fourth-order valence-corrected chi connectivity index (χ4v) is 1.45. The molecule has 3 heteroatoms. The summed E-state index contributed by atoms with van der Waals surface area (Å²) in [6, 6.07) is 0. The molecular weight excluding hydrogens is 190 g/mol. The third kappa shape index (κ3) is 6.88. The molecule has 0 spiro atoms. The Bertz CT molecular complexity index is 156. The summed E-state index contributed by atoms with van der Waals surface area (Å²) in [4.78, 5) is 2.22. The topological polar surface area (TPSA) is 32.7 Å². The molecule has 0 aliphatic carbocycles. The van der Waals surface area contributed by atoms with E-state index in [-0.39, 0.29) is 12.0 Å². The number of rotatable bonds is 8. The van der Waals surface area contributed by atoms with Gasteiger partial charge in [0.2, 0.25) is 0 Å². The maximum absolute atomic E-state index is 9.29. The van der Waals surface area contributed by atoms with Crippen molar-refractivity contribution in [2.24, 2.45) is 5.41 Å². The largest absolute Gasteiger partial charge is 0.396 e. The standard InChI is InChI=1S/C12H27NO2/c1-6-12(4,10-14)9-13(5)7-8-15-11(2)3/h11,14H,6-10H2,1-5H3. The summed E-state index contributed by atoms with van der Waals surface area (Å²) < 4.78 is 5.49. The SMILES string of the molecule is CCC(C)(CO)CN(C)CCOC(C)C. The Labute approximate surface area is 94.4 Å². The highest BCUT2D eigenvalue weighted by Crippen LogP contribution is 2.20. The maximum Gasteiger partial charge on any atom is 0.0596 e. The van der Waals surface area contributed by atoms with E-state index in [4.69, 9.17) is 4.74 Å². The fourth-order valence-electron chi connectivity index (χ4n) is 1.45. The van der Waals surface area contributed by atoms with E-state index in [2.05, 4.69) is 25.8 Å². The first-order chi connectivity index (χ1) is 6.93. The van der Waals surface area contributed by atoms with Gasteiger partial charge in [-0.05, 0) is 27.3 Å². The van der Waals surface area contributed by atoms with Crippen molar-refractivity contribution in [1.29, 1.82) is 0 Å². The van der Waals surface area contributed by atoms with Crippen LogP contribution in [0.5, 0.6) is 0 Å². The molecule has 1 unspecified atom stereocenters. The molecule has 1 atom stereocenters. The van der Waals surface area contributed by atoms with Gasteiger partial charge in [-0.2, -0.15) is 0 Å². The predicted molar refractivity (Wildman–Crippen MR) is 64.1 cm³/mol. The van der Waals surface area contributed by atoms with E-state index in [9.17, 15) is 5.11 Å². The summed E-state index contributed by atoms with van der Waals surface area (Å²) in [5.41, 5.74) is 0.0204. The van der Waals surface area contributed by atoms with Crippen LogP contribution >= 0.6 is 0 Å². The Hall–Kier alpha value is -0.120. The first kappa shape index (κ1) is 14.9. The van der Waals surface area contributed by atoms with Gasteiger partial charge in [0, 0.05) is 25.1 Å². The van der Waals surface area contributed by atoms with E-state index in [1.807, 2.05) is 13.8 Å². The molecule has 0 aliphatic heterocycles. The minimum Gasteiger partial charge on any atom is -0.396 e. The quantitative estimate of drug-likeness (QED) is 0.672. The van der Waals surface area contributed by atoms with Gasteiger partial charge < -0.3 is 14.7 Å². The van der Waals surface area contributed by atoms with E-state index in [0.717, 1.165) is 26.1 Å². The molecule has 0 aromatic rings. The van der Waals surface area contributed by atoms with Crippen LogP contribution in [-0.4, -0.2) is 49.5 Å². The van der Waals surface area contributed by atoms with Gasteiger partial charge >= 0.3 is 0 Å². The molecule has 0 amide bonds. The molecule has 0 fully saturated rings. The van der Waals surface area contributed by atoms with Gasteiger partial charge in [-0.3, -0.25) is 0 Å². The van der Waals surface area contributed by atoms with Crippen molar-refractivity contribution in [3.8, 4) is 0 Å². The molecule has 0 rings (SSSR count). The smallest absolute Gasteiger partial charge is 0.0596 e. The minimum absolute atomic E-state index is 0.0204. The second-order valence-corrected chi connectivity index (χ2v) is 4.98. The normalized spacial score (nSPS) is 16.0. The number of hydrogen-bond donors (Lipinski definition) is 1. The molecular formula is C12H27NO2. The van der Waals surface area contributed by atoms with E-state index in [1.54, 1.807) is 0 Å². The van der Waals surface area contributed by atoms with Gasteiger partial charge in [0.1, 0.15) is 0 Å². The van der Waals surface area contributed by atoms with Crippen LogP contribution in [-0.2, 0) is 4.74 Å². The zero-order chi connectivity index (χ0) is 11.9. The summed E-state index contributed by atoms with van der Waals surface area (Å²) >= 11 is 0. The van der Waals surface area contributed by atoms with Crippen LogP contribution in [0.4, 0.5) is 0 Å². The number of likely N-dealkylation sites (N-methyl/N-ethyl adjacent to an activating group) is 1. The summed E-state index contributed by atoms with van der Waals surface area (Å²) in [5.74, 6) is 0. The van der Waals surface area contributed by atoms with Crippen molar-refractivity contribution in [3.63, 3.8) is 0 Å². The number of ether oxygens (including phenoxy) is 1. The molecule has 15 heavy (non-hydrogen) atoms. The molecule has 0 saturated heterocycles. The predicted octanol–water partition coefficient (Wildman–Crippen LogP) is 1.75. The summed E-state index contributed by atoms with van der Waals surface area (Å²) in [7, 11) is 2.08. The monoisotopic (exact) mass is 217 g/mol. The highest BCUT2D eigenvalue weighted by atomic mass is 16.5. The van der Waals surface area contributed by atoms with Gasteiger partial charge in [0.25, 0.3) is 0 Å². The van der Waals surface area contributed by atoms with Crippen LogP contribution in [0, 0.1) is 5.41 Å². The van der Waals surface area contributed by atoms with Crippen LogP contribution in [0.3, 0.4) is 0 Å². The Balaban J connectivity index is 3.76. The summed E-state index contributed by atoms with van der Waals surface area (Å²) in [5, 5.41) is 9.29. The molecule has 0 aromatic carbocycles. The van der Waals surface area contributed by atoms with Gasteiger partial charge in [-0.1, -0.05) is 13.8 Å². The van der Waals surface area contributed by atoms with Crippen molar-refractivity contribution in [2.75, 3.05) is 33.4 Å². The van der Waals surface area contributed by atoms with Gasteiger partial charge in [-0.15, -0.1) is 0 Å². The first-order valence-electron chi connectivity index (χ1n) is 5.84. The van der Waals surface area contributed by atoms with Crippen LogP contribution < -0.4 is 0 Å². The molecule has 0 radical (unpaired) electrons. The number of hydrogen-bond acceptors (Lipinski definition) is 3. The molecule has 0 heterocycles. The van der Waals surface area contributed by atoms with E-state index in [1.165, 1.54) is 0 Å². The number of aliphatic hydroxyl groups excluding tert-OH is 1. The zero-order valence-corrected chi connectivity index (χ0v) is 10.9. The van der Waals surface area contributed by atoms with Crippen molar-refractivity contribution >= 4 is 0 Å². The molecule has 0 saturated carbocycles. The van der Waals surface area contributed by atoms with Crippen LogP contribution in [0.25, 0.3) is 0 Å². The molecule has 0 bridgehead atoms. The fraction of sp³-hybridized carbons (Fsp3) is 1.00. The Kier molecular flexibility index (Phi) is 7.14. The third-order valence-corrected chi connectivity index (χ3v) is 2.81.